The van der Waals surface area contributed by atoms with Crippen molar-refractivity contribution >= 4 is 17.3 Å². The van der Waals surface area contributed by atoms with Crippen molar-refractivity contribution in [1.82, 2.24) is 4.98 Å². The SMILES string of the molecule is CC(C)Oc1cc(N)cc(Oc2cncc(Cl)c2)c1. The molecule has 100 valence electrons. The topological polar surface area (TPSA) is 57.4 Å². The Morgan fingerprint density at radius 1 is 1.05 bits per heavy atom. The average molecular weight is 279 g/mol. The van der Waals surface area contributed by atoms with E-state index in [1.54, 1.807) is 36.7 Å². The van der Waals surface area contributed by atoms with Gasteiger partial charge in [0.15, 0.2) is 0 Å². The predicted molar refractivity (Wildman–Crippen MR) is 75.9 cm³/mol. The number of halogens is 1. The van der Waals surface area contributed by atoms with Crippen molar-refractivity contribution < 1.29 is 9.47 Å². The number of hydrogen-bond acceptors (Lipinski definition) is 4. The lowest BCUT2D eigenvalue weighted by Gasteiger charge is -2.12. The Morgan fingerprint density at radius 3 is 2.47 bits per heavy atom. The number of pyridine rings is 1. The fraction of sp³-hybridized carbons (Fsp3) is 0.214. The highest BCUT2D eigenvalue weighted by molar-refractivity contribution is 6.30. The van der Waals surface area contributed by atoms with Crippen LogP contribution in [0.2, 0.25) is 5.02 Å². The van der Waals surface area contributed by atoms with Crippen molar-refractivity contribution in [3.8, 4) is 17.2 Å². The van der Waals surface area contributed by atoms with E-state index in [1.165, 1.54) is 0 Å². The molecular formula is C14H15ClN2O2. The molecule has 0 aliphatic rings. The maximum absolute atomic E-state index is 5.85. The van der Waals surface area contributed by atoms with Crippen LogP contribution in [0, 0.1) is 0 Å². The highest BCUT2D eigenvalue weighted by Crippen LogP contribution is 2.29. The van der Waals surface area contributed by atoms with Crippen LogP contribution in [0.25, 0.3) is 0 Å². The molecule has 0 radical (unpaired) electrons. The zero-order chi connectivity index (χ0) is 13.8. The van der Waals surface area contributed by atoms with Gasteiger partial charge >= 0.3 is 0 Å². The Labute approximate surface area is 117 Å². The summed E-state index contributed by atoms with van der Waals surface area (Å²) in [5, 5.41) is 0.514. The molecule has 0 bridgehead atoms. The van der Waals surface area contributed by atoms with Gasteiger partial charge in [0.25, 0.3) is 0 Å². The first-order chi connectivity index (χ1) is 9.02. The van der Waals surface area contributed by atoms with Gasteiger partial charge in [-0.1, -0.05) is 11.6 Å². The first-order valence-corrected chi connectivity index (χ1v) is 6.26. The van der Waals surface area contributed by atoms with Crippen molar-refractivity contribution in [1.29, 1.82) is 0 Å². The van der Waals surface area contributed by atoms with Gasteiger partial charge in [0.1, 0.15) is 17.2 Å². The molecule has 0 fully saturated rings. The van der Waals surface area contributed by atoms with E-state index >= 15 is 0 Å². The van der Waals surface area contributed by atoms with Crippen molar-refractivity contribution in [2.75, 3.05) is 5.73 Å². The molecule has 0 amide bonds. The van der Waals surface area contributed by atoms with Crippen LogP contribution in [0.5, 0.6) is 17.2 Å². The number of ether oxygens (including phenoxy) is 2. The first kappa shape index (κ1) is 13.5. The van der Waals surface area contributed by atoms with E-state index in [0.29, 0.717) is 28.0 Å². The van der Waals surface area contributed by atoms with Crippen LogP contribution in [0.15, 0.2) is 36.7 Å². The highest BCUT2D eigenvalue weighted by atomic mass is 35.5. The average Bonchev–Trinajstić information content (AvgIpc) is 2.26. The van der Waals surface area contributed by atoms with Crippen LogP contribution in [0.3, 0.4) is 0 Å². The maximum atomic E-state index is 5.85. The number of nitrogens with zero attached hydrogens (tertiary/aromatic N) is 1. The molecule has 0 saturated carbocycles. The van der Waals surface area contributed by atoms with Gasteiger partial charge in [0, 0.05) is 36.1 Å². The standard InChI is InChI=1S/C14H15ClN2O2/c1-9(2)18-12-4-11(16)5-13(6-12)19-14-3-10(15)7-17-8-14/h3-9H,16H2,1-2H3. The summed E-state index contributed by atoms with van der Waals surface area (Å²) in [7, 11) is 0. The van der Waals surface area contributed by atoms with Crippen LogP contribution in [0.1, 0.15) is 13.8 Å². The third-order valence-electron chi connectivity index (χ3n) is 2.19. The van der Waals surface area contributed by atoms with Gasteiger partial charge in [-0.05, 0) is 13.8 Å². The molecule has 2 N–H and O–H groups in total. The predicted octanol–water partition coefficient (Wildman–Crippen LogP) is 3.90. The largest absolute Gasteiger partial charge is 0.491 e. The number of nitrogen functional groups attached to an aromatic ring is 1. The number of anilines is 1. The van der Waals surface area contributed by atoms with E-state index in [4.69, 9.17) is 26.8 Å². The third kappa shape index (κ3) is 4.03. The minimum atomic E-state index is 0.0717. The smallest absolute Gasteiger partial charge is 0.147 e. The van der Waals surface area contributed by atoms with E-state index in [0.717, 1.165) is 0 Å². The van der Waals surface area contributed by atoms with Crippen molar-refractivity contribution in [3.05, 3.63) is 41.7 Å². The fourth-order valence-corrected chi connectivity index (χ4v) is 1.74. The molecule has 0 spiro atoms. The lowest BCUT2D eigenvalue weighted by molar-refractivity contribution is 0.242. The summed E-state index contributed by atoms with van der Waals surface area (Å²) in [5.41, 5.74) is 6.39. The maximum Gasteiger partial charge on any atom is 0.147 e. The summed E-state index contributed by atoms with van der Waals surface area (Å²) in [5.74, 6) is 1.80. The molecule has 0 unspecified atom stereocenters. The molecule has 2 aromatic rings. The van der Waals surface area contributed by atoms with Gasteiger partial charge in [0.2, 0.25) is 0 Å². The number of rotatable bonds is 4. The summed E-state index contributed by atoms with van der Waals surface area (Å²) < 4.78 is 11.3. The summed E-state index contributed by atoms with van der Waals surface area (Å²) in [6, 6.07) is 6.93. The van der Waals surface area contributed by atoms with E-state index < -0.39 is 0 Å². The summed E-state index contributed by atoms with van der Waals surface area (Å²) in [4.78, 5) is 3.95. The van der Waals surface area contributed by atoms with Crippen molar-refractivity contribution in [3.63, 3.8) is 0 Å². The molecule has 2 rings (SSSR count). The number of aromatic nitrogens is 1. The molecule has 1 aromatic heterocycles. The summed E-state index contributed by atoms with van der Waals surface area (Å²) in [6.45, 7) is 3.90. The number of nitrogens with two attached hydrogens (primary N) is 1. The normalized spacial score (nSPS) is 10.5. The van der Waals surface area contributed by atoms with E-state index in [9.17, 15) is 0 Å². The minimum absolute atomic E-state index is 0.0717. The van der Waals surface area contributed by atoms with E-state index in [-0.39, 0.29) is 6.10 Å². The van der Waals surface area contributed by atoms with E-state index in [1.807, 2.05) is 13.8 Å². The second kappa shape index (κ2) is 5.80. The molecule has 0 aliphatic carbocycles. The third-order valence-corrected chi connectivity index (χ3v) is 2.40. The summed E-state index contributed by atoms with van der Waals surface area (Å²) in [6.07, 6.45) is 3.20. The van der Waals surface area contributed by atoms with E-state index in [2.05, 4.69) is 4.98 Å². The second-order valence-corrected chi connectivity index (χ2v) is 4.78. The van der Waals surface area contributed by atoms with Crippen LogP contribution in [0.4, 0.5) is 5.69 Å². The fourth-order valence-electron chi connectivity index (χ4n) is 1.58. The van der Waals surface area contributed by atoms with Crippen LogP contribution < -0.4 is 15.2 Å². The Balaban J connectivity index is 2.22. The monoisotopic (exact) mass is 278 g/mol. The Kier molecular flexibility index (Phi) is 4.12. The molecule has 0 atom stereocenters. The zero-order valence-corrected chi connectivity index (χ0v) is 11.5. The quantitative estimate of drug-likeness (QED) is 0.862. The van der Waals surface area contributed by atoms with Gasteiger partial charge < -0.3 is 15.2 Å². The van der Waals surface area contributed by atoms with Crippen LogP contribution in [-0.2, 0) is 0 Å². The molecule has 1 heterocycles. The second-order valence-electron chi connectivity index (χ2n) is 4.35. The molecule has 5 heteroatoms. The molecule has 1 aromatic carbocycles. The zero-order valence-electron chi connectivity index (χ0n) is 10.8. The van der Waals surface area contributed by atoms with Gasteiger partial charge in [-0.25, -0.2) is 0 Å². The molecular weight excluding hydrogens is 264 g/mol. The lowest BCUT2D eigenvalue weighted by Crippen LogP contribution is -2.05. The van der Waals surface area contributed by atoms with Crippen LogP contribution >= 0.6 is 11.6 Å². The van der Waals surface area contributed by atoms with Crippen molar-refractivity contribution in [2.24, 2.45) is 0 Å². The molecule has 0 saturated heterocycles. The summed E-state index contributed by atoms with van der Waals surface area (Å²) >= 11 is 5.85. The lowest BCUT2D eigenvalue weighted by atomic mass is 10.3. The Hall–Kier alpha value is -1.94. The number of benzene rings is 1. The van der Waals surface area contributed by atoms with Crippen molar-refractivity contribution in [2.45, 2.75) is 20.0 Å². The Bertz CT molecular complexity index is 573. The van der Waals surface area contributed by atoms with Gasteiger partial charge in [0.05, 0.1) is 17.3 Å². The van der Waals surface area contributed by atoms with Gasteiger partial charge in [-0.3, -0.25) is 4.98 Å². The number of hydrogen-bond donors (Lipinski definition) is 1. The van der Waals surface area contributed by atoms with Gasteiger partial charge in [-0.2, -0.15) is 0 Å². The van der Waals surface area contributed by atoms with Crippen LogP contribution in [-0.4, -0.2) is 11.1 Å². The molecule has 19 heavy (non-hydrogen) atoms. The molecule has 0 aliphatic heterocycles. The highest BCUT2D eigenvalue weighted by Gasteiger charge is 2.05. The molecule has 4 nitrogen and oxygen atoms in total. The van der Waals surface area contributed by atoms with Gasteiger partial charge in [-0.15, -0.1) is 0 Å². The Morgan fingerprint density at radius 2 is 1.79 bits per heavy atom. The minimum Gasteiger partial charge on any atom is -0.491 e. The first-order valence-electron chi connectivity index (χ1n) is 5.88.